The van der Waals surface area contributed by atoms with Crippen molar-refractivity contribution in [2.75, 3.05) is 26.1 Å². The molecular formula is C18H22FN3O2. The van der Waals surface area contributed by atoms with Crippen LogP contribution in [0, 0.1) is 18.7 Å². The molecule has 5 nitrogen and oxygen atoms in total. The van der Waals surface area contributed by atoms with Gasteiger partial charge < -0.3 is 9.64 Å². The number of methoxy groups -OCH3 is 1. The minimum atomic E-state index is -0.442. The maximum Gasteiger partial charge on any atom is 0.290 e. The van der Waals surface area contributed by atoms with Crippen molar-refractivity contribution in [3.63, 3.8) is 0 Å². The summed E-state index contributed by atoms with van der Waals surface area (Å²) in [6.45, 7) is 2.47. The normalized spacial score (nSPS) is 13.9. The number of hydrogen-bond acceptors (Lipinski definition) is 4. The summed E-state index contributed by atoms with van der Waals surface area (Å²) in [6.07, 6.45) is 2.26. The van der Waals surface area contributed by atoms with Gasteiger partial charge in [-0.15, -0.1) is 0 Å². The van der Waals surface area contributed by atoms with E-state index >= 15 is 0 Å². The molecule has 0 radical (unpaired) electrons. The first kappa shape index (κ1) is 16.5. The van der Waals surface area contributed by atoms with Gasteiger partial charge in [-0.05, 0) is 43.9 Å². The molecule has 0 saturated heterocycles. The molecule has 0 bridgehead atoms. The van der Waals surface area contributed by atoms with Crippen molar-refractivity contribution < 1.29 is 9.13 Å². The Morgan fingerprint density at radius 3 is 2.62 bits per heavy atom. The van der Waals surface area contributed by atoms with Gasteiger partial charge in [0.25, 0.3) is 5.56 Å². The third-order valence-corrected chi connectivity index (χ3v) is 4.37. The fraction of sp³-hybridized carbons (Fsp3) is 0.444. The predicted molar refractivity (Wildman–Crippen MR) is 92.2 cm³/mol. The van der Waals surface area contributed by atoms with Gasteiger partial charge in [0, 0.05) is 31.8 Å². The summed E-state index contributed by atoms with van der Waals surface area (Å²) in [4.78, 5) is 14.5. The molecule has 6 heteroatoms. The zero-order valence-electron chi connectivity index (χ0n) is 14.5. The fourth-order valence-corrected chi connectivity index (χ4v) is 2.92. The maximum absolute atomic E-state index is 14.1. The number of halogens is 1. The van der Waals surface area contributed by atoms with Crippen molar-refractivity contribution in [3.8, 4) is 17.0 Å². The van der Waals surface area contributed by atoms with Gasteiger partial charge in [0.15, 0.2) is 11.6 Å². The monoisotopic (exact) mass is 331 g/mol. The summed E-state index contributed by atoms with van der Waals surface area (Å²) in [7, 11) is 5.11. The Labute approximate surface area is 140 Å². The van der Waals surface area contributed by atoms with E-state index in [2.05, 4.69) is 5.10 Å². The van der Waals surface area contributed by atoms with Crippen molar-refractivity contribution in [2.45, 2.75) is 26.3 Å². The number of rotatable bonds is 5. The molecule has 3 rings (SSSR count). The van der Waals surface area contributed by atoms with Crippen LogP contribution in [0.5, 0.6) is 5.75 Å². The van der Waals surface area contributed by atoms with Crippen LogP contribution in [0.15, 0.2) is 23.0 Å². The van der Waals surface area contributed by atoms with Crippen molar-refractivity contribution >= 4 is 5.69 Å². The average molecular weight is 331 g/mol. The molecule has 1 saturated carbocycles. The molecule has 0 N–H and O–H groups in total. The van der Waals surface area contributed by atoms with Crippen molar-refractivity contribution in [3.05, 3.63) is 39.9 Å². The van der Waals surface area contributed by atoms with Gasteiger partial charge in [-0.25, -0.2) is 9.07 Å². The lowest BCUT2D eigenvalue weighted by atomic mass is 10.1. The zero-order chi connectivity index (χ0) is 17.4. The van der Waals surface area contributed by atoms with Crippen LogP contribution >= 0.6 is 0 Å². The van der Waals surface area contributed by atoms with Gasteiger partial charge >= 0.3 is 0 Å². The Hall–Kier alpha value is -2.37. The second-order valence-electron chi connectivity index (χ2n) is 6.50. The van der Waals surface area contributed by atoms with Crippen LogP contribution in [0.3, 0.4) is 0 Å². The van der Waals surface area contributed by atoms with E-state index in [-0.39, 0.29) is 11.3 Å². The van der Waals surface area contributed by atoms with E-state index in [9.17, 15) is 9.18 Å². The summed E-state index contributed by atoms with van der Waals surface area (Å²) in [5, 5.41) is 4.53. The molecule has 0 amide bonds. The van der Waals surface area contributed by atoms with E-state index in [0.717, 1.165) is 18.4 Å². The van der Waals surface area contributed by atoms with Crippen LogP contribution < -0.4 is 15.2 Å². The van der Waals surface area contributed by atoms with Gasteiger partial charge in [-0.3, -0.25) is 4.79 Å². The zero-order valence-corrected chi connectivity index (χ0v) is 14.5. The molecule has 24 heavy (non-hydrogen) atoms. The predicted octanol–water partition coefficient (Wildman–Crippen LogP) is 2.84. The second kappa shape index (κ2) is 6.26. The van der Waals surface area contributed by atoms with E-state index < -0.39 is 5.82 Å². The number of ether oxygens (including phenoxy) is 1. The highest BCUT2D eigenvalue weighted by Gasteiger charge is 2.25. The van der Waals surface area contributed by atoms with E-state index in [1.165, 1.54) is 17.9 Å². The summed E-state index contributed by atoms with van der Waals surface area (Å²) >= 11 is 0. The molecule has 0 unspecified atom stereocenters. The molecule has 1 fully saturated rings. The minimum Gasteiger partial charge on any atom is -0.494 e. The first-order valence-electron chi connectivity index (χ1n) is 8.05. The number of nitrogens with zero attached hydrogens (tertiary/aromatic N) is 3. The lowest BCUT2D eigenvalue weighted by Crippen LogP contribution is -2.31. The van der Waals surface area contributed by atoms with Crippen molar-refractivity contribution in [1.29, 1.82) is 0 Å². The Balaban J connectivity index is 2.17. The lowest BCUT2D eigenvalue weighted by molar-refractivity contribution is 0.386. The highest BCUT2D eigenvalue weighted by Crippen LogP contribution is 2.32. The van der Waals surface area contributed by atoms with Crippen LogP contribution in [0.2, 0.25) is 0 Å². The largest absolute Gasteiger partial charge is 0.494 e. The van der Waals surface area contributed by atoms with Gasteiger partial charge in [0.1, 0.15) is 5.69 Å². The van der Waals surface area contributed by atoms with E-state index in [0.29, 0.717) is 29.4 Å². The first-order chi connectivity index (χ1) is 11.4. The minimum absolute atomic E-state index is 0.0952. The van der Waals surface area contributed by atoms with E-state index in [1.54, 1.807) is 17.0 Å². The third-order valence-electron chi connectivity index (χ3n) is 4.37. The highest BCUT2D eigenvalue weighted by molar-refractivity contribution is 5.70. The molecule has 1 aliphatic rings. The Bertz CT molecular complexity index is 826. The molecule has 0 atom stereocenters. The van der Waals surface area contributed by atoms with Gasteiger partial charge in [0.2, 0.25) is 0 Å². The molecular weight excluding hydrogens is 309 g/mol. The molecule has 0 spiro atoms. The van der Waals surface area contributed by atoms with Crippen molar-refractivity contribution in [2.24, 2.45) is 5.92 Å². The summed E-state index contributed by atoms with van der Waals surface area (Å²) < 4.78 is 20.6. The number of benzene rings is 1. The smallest absolute Gasteiger partial charge is 0.290 e. The van der Waals surface area contributed by atoms with Crippen LogP contribution in [0.25, 0.3) is 11.3 Å². The Kier molecular flexibility index (Phi) is 4.30. The standard InChI is InChI=1S/C18H22FN3O2/c1-11-16(13-7-8-15(24-4)14(19)9-13)20-22(10-12-5-6-12)18(23)17(11)21(2)3/h7-9,12H,5-6,10H2,1-4H3. The van der Waals surface area contributed by atoms with Crippen LogP contribution in [-0.4, -0.2) is 31.0 Å². The quantitative estimate of drug-likeness (QED) is 0.845. The molecule has 1 aromatic carbocycles. The van der Waals surface area contributed by atoms with Crippen molar-refractivity contribution in [1.82, 2.24) is 9.78 Å². The van der Waals surface area contributed by atoms with Crippen LogP contribution in [0.4, 0.5) is 10.1 Å². The number of hydrogen-bond donors (Lipinski definition) is 0. The fourth-order valence-electron chi connectivity index (χ4n) is 2.92. The SMILES string of the molecule is COc1ccc(-c2nn(CC3CC3)c(=O)c(N(C)C)c2C)cc1F. The summed E-state index contributed by atoms with van der Waals surface area (Å²) in [5.74, 6) is 0.270. The summed E-state index contributed by atoms with van der Waals surface area (Å²) in [5.41, 5.74) is 2.51. The van der Waals surface area contributed by atoms with Crippen LogP contribution in [0.1, 0.15) is 18.4 Å². The molecule has 1 heterocycles. The topological polar surface area (TPSA) is 47.4 Å². The van der Waals surface area contributed by atoms with Gasteiger partial charge in [0.05, 0.1) is 12.8 Å². The van der Waals surface area contributed by atoms with Gasteiger partial charge in [-0.1, -0.05) is 0 Å². The van der Waals surface area contributed by atoms with Crippen LogP contribution in [-0.2, 0) is 6.54 Å². The molecule has 1 aromatic heterocycles. The molecule has 2 aromatic rings. The first-order valence-corrected chi connectivity index (χ1v) is 8.05. The molecule has 0 aliphatic heterocycles. The Morgan fingerprint density at radius 2 is 2.08 bits per heavy atom. The van der Waals surface area contributed by atoms with E-state index in [1.807, 2.05) is 21.0 Å². The number of anilines is 1. The second-order valence-corrected chi connectivity index (χ2v) is 6.50. The molecule has 1 aliphatic carbocycles. The maximum atomic E-state index is 14.1. The van der Waals surface area contributed by atoms with E-state index in [4.69, 9.17) is 4.74 Å². The average Bonchev–Trinajstić information content (AvgIpc) is 3.34. The summed E-state index contributed by atoms with van der Waals surface area (Å²) in [6, 6.07) is 4.75. The molecule has 128 valence electrons. The number of aromatic nitrogens is 2. The van der Waals surface area contributed by atoms with Gasteiger partial charge in [-0.2, -0.15) is 5.10 Å². The third kappa shape index (κ3) is 3.00. The Morgan fingerprint density at radius 1 is 1.38 bits per heavy atom. The lowest BCUT2D eigenvalue weighted by Gasteiger charge is -2.19. The highest BCUT2D eigenvalue weighted by atomic mass is 19.1.